The number of halogens is 4. The van der Waals surface area contributed by atoms with Crippen molar-refractivity contribution in [2.75, 3.05) is 7.11 Å². The van der Waals surface area contributed by atoms with Gasteiger partial charge in [0.2, 0.25) is 0 Å². The molecule has 174 valence electrons. The van der Waals surface area contributed by atoms with E-state index in [0.717, 1.165) is 12.1 Å². The highest BCUT2D eigenvalue weighted by atomic mass is 19.4. The third kappa shape index (κ3) is 3.68. The number of rotatable bonds is 3. The second-order valence-corrected chi connectivity index (χ2v) is 8.69. The van der Waals surface area contributed by atoms with E-state index in [4.69, 9.17) is 4.74 Å². The largest absolute Gasteiger partial charge is 0.493 e. The first-order valence-corrected chi connectivity index (χ1v) is 10.1. The summed E-state index contributed by atoms with van der Waals surface area (Å²) >= 11 is 0. The zero-order valence-electron chi connectivity index (χ0n) is 18.0. The van der Waals surface area contributed by atoms with Crippen LogP contribution in [0.2, 0.25) is 0 Å². The molecule has 1 amide bonds. The maximum absolute atomic E-state index is 14.4. The van der Waals surface area contributed by atoms with Crippen LogP contribution in [-0.2, 0) is 5.41 Å². The van der Waals surface area contributed by atoms with E-state index in [2.05, 4.69) is 15.3 Å². The number of nitrogens with zero attached hydrogens (tertiary/aromatic N) is 2. The van der Waals surface area contributed by atoms with Crippen LogP contribution < -0.4 is 10.1 Å². The number of fused-ring (bicyclic) bond motifs is 2. The monoisotopic (exact) mass is 463 g/mol. The van der Waals surface area contributed by atoms with Gasteiger partial charge in [0.15, 0.2) is 17.2 Å². The Morgan fingerprint density at radius 3 is 2.45 bits per heavy atom. The number of methoxy groups -OCH3 is 1. The zero-order valence-corrected chi connectivity index (χ0v) is 18.0. The third-order valence-corrected chi connectivity index (χ3v) is 6.02. The quantitative estimate of drug-likeness (QED) is 0.569. The summed E-state index contributed by atoms with van der Waals surface area (Å²) in [5, 5.41) is 13.3. The van der Waals surface area contributed by atoms with Crippen LogP contribution in [0.5, 0.6) is 5.75 Å². The molecule has 10 heteroatoms. The van der Waals surface area contributed by atoms with Gasteiger partial charge in [0.05, 0.1) is 24.2 Å². The lowest BCUT2D eigenvalue weighted by Gasteiger charge is -2.49. The van der Waals surface area contributed by atoms with Crippen LogP contribution in [0.15, 0.2) is 42.7 Å². The highest BCUT2D eigenvalue weighted by Gasteiger charge is 2.64. The number of hydrogen-bond acceptors (Lipinski definition) is 5. The molecule has 0 fully saturated rings. The molecule has 2 N–H and O–H groups in total. The number of aliphatic hydroxyl groups is 1. The number of hydrogen-bond donors (Lipinski definition) is 2. The average molecular weight is 463 g/mol. The molecule has 2 atom stereocenters. The Kier molecular flexibility index (Phi) is 5.31. The molecule has 0 radical (unpaired) electrons. The molecule has 2 aromatic carbocycles. The van der Waals surface area contributed by atoms with Gasteiger partial charge in [-0.1, -0.05) is 19.9 Å². The fourth-order valence-electron chi connectivity index (χ4n) is 4.61. The lowest BCUT2D eigenvalue weighted by atomic mass is 9.63. The first-order chi connectivity index (χ1) is 15.4. The molecule has 1 aliphatic rings. The minimum Gasteiger partial charge on any atom is -0.493 e. The highest BCUT2D eigenvalue weighted by molar-refractivity contribution is 5.97. The molecule has 1 aromatic heterocycles. The number of carbonyl (C=O) groups is 1. The number of benzene rings is 2. The van der Waals surface area contributed by atoms with Gasteiger partial charge < -0.3 is 15.2 Å². The van der Waals surface area contributed by atoms with Crippen LogP contribution in [0.1, 0.15) is 47.8 Å². The van der Waals surface area contributed by atoms with Gasteiger partial charge in [0.25, 0.3) is 5.91 Å². The number of alkyl halides is 3. The summed E-state index contributed by atoms with van der Waals surface area (Å²) in [5.74, 6) is -1.83. The Bertz CT molecular complexity index is 1250. The Morgan fingerprint density at radius 2 is 1.82 bits per heavy atom. The van der Waals surface area contributed by atoms with E-state index in [1.165, 1.54) is 51.6 Å². The van der Waals surface area contributed by atoms with Crippen molar-refractivity contribution in [2.24, 2.45) is 0 Å². The third-order valence-electron chi connectivity index (χ3n) is 6.02. The summed E-state index contributed by atoms with van der Waals surface area (Å²) < 4.78 is 62.2. The van der Waals surface area contributed by atoms with Gasteiger partial charge in [-0.15, -0.1) is 0 Å². The first-order valence-electron chi connectivity index (χ1n) is 10.1. The smallest absolute Gasteiger partial charge is 0.419 e. The maximum atomic E-state index is 14.4. The molecule has 6 nitrogen and oxygen atoms in total. The van der Waals surface area contributed by atoms with Gasteiger partial charge >= 0.3 is 6.18 Å². The highest BCUT2D eigenvalue weighted by Crippen LogP contribution is 2.55. The Labute approximate surface area is 186 Å². The fraction of sp³-hybridized carbons (Fsp3) is 0.348. The van der Waals surface area contributed by atoms with E-state index < -0.39 is 41.4 Å². The van der Waals surface area contributed by atoms with E-state index in [1.807, 2.05) is 0 Å². The summed E-state index contributed by atoms with van der Waals surface area (Å²) in [5.41, 5.74) is -3.61. The number of amides is 1. The topological polar surface area (TPSA) is 84.3 Å². The summed E-state index contributed by atoms with van der Waals surface area (Å²) in [6, 6.07) is 4.51. The molecule has 0 spiro atoms. The Balaban J connectivity index is 1.85. The molecular formula is C23H21F4N3O3. The van der Waals surface area contributed by atoms with E-state index >= 15 is 0 Å². The van der Waals surface area contributed by atoms with E-state index in [-0.39, 0.29) is 22.4 Å². The molecule has 0 unspecified atom stereocenters. The fourth-order valence-corrected chi connectivity index (χ4v) is 4.61. The first kappa shape index (κ1) is 22.9. The van der Waals surface area contributed by atoms with Gasteiger partial charge in [-0.3, -0.25) is 14.8 Å². The second-order valence-electron chi connectivity index (χ2n) is 8.69. The van der Waals surface area contributed by atoms with Gasteiger partial charge in [-0.05, 0) is 41.7 Å². The van der Waals surface area contributed by atoms with Crippen molar-refractivity contribution in [1.82, 2.24) is 15.3 Å². The molecule has 1 heterocycles. The standard InChI is InChI=1S/C23H21F4N3O3/c1-21(2)11-22(32,23(25,26)27)19(13-5-6-14(24)18(33-3)17(13)21)30-20(31)12-4-7-15-16(10-12)29-9-8-28-15/h4-10,19,32H,11H2,1-3H3,(H,30,31)/t19-,22+/m0/s1. The summed E-state index contributed by atoms with van der Waals surface area (Å²) in [6.07, 6.45) is -3.01. The predicted octanol–water partition coefficient (Wildman–Crippen LogP) is 4.22. The van der Waals surface area contributed by atoms with Gasteiger partial charge in [-0.2, -0.15) is 13.2 Å². The summed E-state index contributed by atoms with van der Waals surface area (Å²) in [6.45, 7) is 2.93. The van der Waals surface area contributed by atoms with Crippen LogP contribution in [0, 0.1) is 5.82 Å². The lowest BCUT2D eigenvalue weighted by Crippen LogP contribution is -2.60. The van der Waals surface area contributed by atoms with Crippen molar-refractivity contribution in [3.8, 4) is 5.75 Å². The molecular weight excluding hydrogens is 442 g/mol. The Morgan fingerprint density at radius 1 is 1.15 bits per heavy atom. The predicted molar refractivity (Wildman–Crippen MR) is 111 cm³/mol. The summed E-state index contributed by atoms with van der Waals surface area (Å²) in [4.78, 5) is 21.2. The number of nitrogens with one attached hydrogen (secondary N) is 1. The van der Waals surface area contributed by atoms with Crippen LogP contribution in [0.25, 0.3) is 11.0 Å². The molecule has 33 heavy (non-hydrogen) atoms. The molecule has 0 aliphatic heterocycles. The van der Waals surface area contributed by atoms with E-state index in [9.17, 15) is 27.5 Å². The van der Waals surface area contributed by atoms with Crippen molar-refractivity contribution < 1.29 is 32.2 Å². The second kappa shape index (κ2) is 7.65. The number of aromatic nitrogens is 2. The summed E-state index contributed by atoms with van der Waals surface area (Å²) in [7, 11) is 1.21. The number of carbonyl (C=O) groups excluding carboxylic acids is 1. The van der Waals surface area contributed by atoms with Crippen molar-refractivity contribution in [3.05, 3.63) is 65.2 Å². The average Bonchev–Trinajstić information content (AvgIpc) is 2.75. The van der Waals surface area contributed by atoms with E-state index in [0.29, 0.717) is 11.0 Å². The van der Waals surface area contributed by atoms with Gasteiger partial charge in [-0.25, -0.2) is 4.39 Å². The molecule has 4 rings (SSSR count). The molecule has 1 aliphatic carbocycles. The molecule has 0 saturated carbocycles. The lowest BCUT2D eigenvalue weighted by molar-refractivity contribution is -0.280. The van der Waals surface area contributed by atoms with Gasteiger partial charge in [0, 0.05) is 23.5 Å². The van der Waals surface area contributed by atoms with Crippen molar-refractivity contribution >= 4 is 16.9 Å². The minimum absolute atomic E-state index is 0.0352. The minimum atomic E-state index is -5.09. The van der Waals surface area contributed by atoms with Crippen molar-refractivity contribution in [2.45, 2.75) is 43.5 Å². The van der Waals surface area contributed by atoms with E-state index in [1.54, 1.807) is 0 Å². The van der Waals surface area contributed by atoms with Gasteiger partial charge in [0.1, 0.15) is 0 Å². The Hall–Kier alpha value is -3.27. The zero-order chi connectivity index (χ0) is 24.2. The molecule has 3 aromatic rings. The number of ether oxygens (including phenoxy) is 1. The molecule has 0 saturated heterocycles. The van der Waals surface area contributed by atoms with Crippen LogP contribution in [0.4, 0.5) is 17.6 Å². The SMILES string of the molecule is COc1c(F)ccc2c1C(C)(C)C[C@](O)(C(F)(F)F)[C@H]2NC(=O)c1ccc2nccnc2c1. The van der Waals surface area contributed by atoms with Crippen LogP contribution in [-0.4, -0.2) is 39.9 Å². The van der Waals surface area contributed by atoms with Crippen LogP contribution >= 0.6 is 0 Å². The normalized spacial score (nSPS) is 22.0. The van der Waals surface area contributed by atoms with Crippen molar-refractivity contribution in [3.63, 3.8) is 0 Å². The molecule has 0 bridgehead atoms. The van der Waals surface area contributed by atoms with Crippen LogP contribution in [0.3, 0.4) is 0 Å². The van der Waals surface area contributed by atoms with Crippen molar-refractivity contribution in [1.29, 1.82) is 0 Å². The maximum Gasteiger partial charge on any atom is 0.419 e.